The predicted octanol–water partition coefficient (Wildman–Crippen LogP) is 5.27. The minimum Gasteiger partial charge on any atom is -0.492 e. The largest absolute Gasteiger partial charge is 0.492 e. The van der Waals surface area contributed by atoms with Crippen molar-refractivity contribution in [3.8, 4) is 10.9 Å². The molecule has 154 valence electrons. The number of hydrogen-bond donors (Lipinski definition) is 1. The first-order valence-electron chi connectivity index (χ1n) is 10.1. The Labute approximate surface area is 178 Å². The van der Waals surface area contributed by atoms with Crippen molar-refractivity contribution in [3.05, 3.63) is 70.1 Å². The highest BCUT2D eigenvalue weighted by Gasteiger charge is 2.19. The molecule has 0 spiro atoms. The van der Waals surface area contributed by atoms with E-state index in [1.807, 2.05) is 62.4 Å². The van der Waals surface area contributed by atoms with Crippen LogP contribution in [0.15, 0.2) is 58.3 Å². The summed E-state index contributed by atoms with van der Waals surface area (Å²) in [5, 5.41) is 3.91. The molecule has 0 aliphatic carbocycles. The van der Waals surface area contributed by atoms with Gasteiger partial charge in [0.25, 0.3) is 5.56 Å². The number of rotatable bonds is 7. The Balaban J connectivity index is 1.82. The van der Waals surface area contributed by atoms with Crippen LogP contribution in [0, 0.1) is 0 Å². The van der Waals surface area contributed by atoms with E-state index in [2.05, 4.69) is 17.0 Å². The smallest absolute Gasteiger partial charge is 0.282 e. The second kappa shape index (κ2) is 8.67. The van der Waals surface area contributed by atoms with Gasteiger partial charge in [0.1, 0.15) is 11.4 Å². The van der Waals surface area contributed by atoms with Crippen LogP contribution in [0.25, 0.3) is 15.3 Å². The standard InChI is InChI=1S/C23H24N4O2S/c1-4-10-18-21(15(3)24-16-11-6-8-13-19(16)29-5-2)22(28)27(26-18)23-25-17-12-7-9-14-20(17)30-23/h6-9,11-14,26H,4-5,10H2,1-3H3. The van der Waals surface area contributed by atoms with E-state index < -0.39 is 0 Å². The maximum absolute atomic E-state index is 13.4. The summed E-state index contributed by atoms with van der Waals surface area (Å²) >= 11 is 1.49. The SMILES string of the molecule is CCCc1[nH]n(-c2nc3ccccc3s2)c(=O)c1C(C)=Nc1ccccc1OCC. The monoisotopic (exact) mass is 420 g/mol. The van der Waals surface area contributed by atoms with Crippen molar-refractivity contribution in [1.29, 1.82) is 0 Å². The summed E-state index contributed by atoms with van der Waals surface area (Å²) in [5.41, 5.74) is 3.60. The predicted molar refractivity (Wildman–Crippen MR) is 123 cm³/mol. The van der Waals surface area contributed by atoms with Crippen molar-refractivity contribution in [2.24, 2.45) is 4.99 Å². The summed E-state index contributed by atoms with van der Waals surface area (Å²) in [6.07, 6.45) is 1.66. The molecule has 0 unspecified atom stereocenters. The third kappa shape index (κ3) is 3.80. The Morgan fingerprint density at radius 1 is 1.17 bits per heavy atom. The van der Waals surface area contributed by atoms with Crippen LogP contribution in [0.5, 0.6) is 5.75 Å². The number of aryl methyl sites for hydroxylation is 1. The molecule has 4 rings (SSSR count). The van der Waals surface area contributed by atoms with Gasteiger partial charge in [0, 0.05) is 5.69 Å². The zero-order valence-corrected chi connectivity index (χ0v) is 18.1. The highest BCUT2D eigenvalue weighted by Crippen LogP contribution is 2.28. The number of aromatic amines is 1. The summed E-state index contributed by atoms with van der Waals surface area (Å²) in [5.74, 6) is 0.707. The van der Waals surface area contributed by atoms with Crippen molar-refractivity contribution < 1.29 is 4.74 Å². The number of nitrogens with zero attached hydrogens (tertiary/aromatic N) is 3. The van der Waals surface area contributed by atoms with E-state index in [0.717, 1.165) is 28.8 Å². The molecule has 0 amide bonds. The molecule has 2 aromatic heterocycles. The average Bonchev–Trinajstić information content (AvgIpc) is 3.30. The molecule has 0 saturated carbocycles. The third-order valence-electron chi connectivity index (χ3n) is 4.75. The van der Waals surface area contributed by atoms with Crippen LogP contribution in [0.4, 0.5) is 5.69 Å². The van der Waals surface area contributed by atoms with E-state index in [1.165, 1.54) is 11.3 Å². The zero-order valence-electron chi connectivity index (χ0n) is 17.3. The molecule has 0 aliphatic rings. The lowest BCUT2D eigenvalue weighted by Crippen LogP contribution is -2.19. The van der Waals surface area contributed by atoms with Crippen molar-refractivity contribution in [3.63, 3.8) is 0 Å². The molecular formula is C23H24N4O2S. The first-order valence-corrected chi connectivity index (χ1v) is 10.9. The first kappa shape index (κ1) is 20.1. The molecule has 1 N–H and O–H groups in total. The molecule has 30 heavy (non-hydrogen) atoms. The molecule has 2 heterocycles. The van der Waals surface area contributed by atoms with Gasteiger partial charge in [-0.3, -0.25) is 9.89 Å². The van der Waals surface area contributed by atoms with Gasteiger partial charge in [-0.15, -0.1) is 0 Å². The highest BCUT2D eigenvalue weighted by atomic mass is 32.1. The summed E-state index contributed by atoms with van der Waals surface area (Å²) in [7, 11) is 0. The van der Waals surface area contributed by atoms with Gasteiger partial charge in [0.2, 0.25) is 5.13 Å². The van der Waals surface area contributed by atoms with Gasteiger partial charge in [-0.25, -0.2) is 9.98 Å². The molecule has 0 atom stereocenters. The van der Waals surface area contributed by atoms with E-state index >= 15 is 0 Å². The third-order valence-corrected chi connectivity index (χ3v) is 5.78. The normalized spacial score (nSPS) is 11.9. The zero-order chi connectivity index (χ0) is 21.1. The molecule has 0 aliphatic heterocycles. The molecule has 4 aromatic rings. The maximum atomic E-state index is 13.4. The van der Waals surface area contributed by atoms with E-state index in [0.29, 0.717) is 34.5 Å². The van der Waals surface area contributed by atoms with Crippen LogP contribution in [0.2, 0.25) is 0 Å². The summed E-state index contributed by atoms with van der Waals surface area (Å²) in [6.45, 7) is 6.46. The number of hydrogen-bond acceptors (Lipinski definition) is 5. The Morgan fingerprint density at radius 3 is 2.70 bits per heavy atom. The lowest BCUT2D eigenvalue weighted by atomic mass is 10.1. The molecule has 6 nitrogen and oxygen atoms in total. The second-order valence-corrected chi connectivity index (χ2v) is 7.93. The molecule has 0 radical (unpaired) electrons. The number of ether oxygens (including phenoxy) is 1. The minimum absolute atomic E-state index is 0.132. The Bertz CT molecular complexity index is 1230. The van der Waals surface area contributed by atoms with Gasteiger partial charge in [0.15, 0.2) is 0 Å². The number of aromatic nitrogens is 3. The fourth-order valence-electron chi connectivity index (χ4n) is 3.44. The highest BCUT2D eigenvalue weighted by molar-refractivity contribution is 7.20. The van der Waals surface area contributed by atoms with Gasteiger partial charge >= 0.3 is 0 Å². The fourth-order valence-corrected chi connectivity index (χ4v) is 4.37. The van der Waals surface area contributed by atoms with E-state index in [9.17, 15) is 4.79 Å². The van der Waals surface area contributed by atoms with E-state index in [1.54, 1.807) is 4.68 Å². The second-order valence-electron chi connectivity index (χ2n) is 6.92. The molecule has 0 saturated heterocycles. The molecule has 0 bridgehead atoms. The van der Waals surface area contributed by atoms with Gasteiger partial charge in [-0.2, -0.15) is 4.68 Å². The number of thiazole rings is 1. The number of benzene rings is 2. The molecule has 0 fully saturated rings. The van der Waals surface area contributed by atoms with Crippen LogP contribution in [-0.4, -0.2) is 27.1 Å². The van der Waals surface area contributed by atoms with Gasteiger partial charge in [0.05, 0.1) is 28.1 Å². The van der Waals surface area contributed by atoms with Gasteiger partial charge in [-0.05, 0) is 44.5 Å². The average molecular weight is 421 g/mol. The Kier molecular flexibility index (Phi) is 5.81. The van der Waals surface area contributed by atoms with Crippen molar-refractivity contribution in [2.75, 3.05) is 6.61 Å². The molecular weight excluding hydrogens is 396 g/mol. The molecule has 2 aromatic carbocycles. The Morgan fingerprint density at radius 2 is 1.93 bits per heavy atom. The number of fused-ring (bicyclic) bond motifs is 1. The summed E-state index contributed by atoms with van der Waals surface area (Å²) < 4.78 is 8.27. The van der Waals surface area contributed by atoms with E-state index in [-0.39, 0.29) is 5.56 Å². The number of nitrogens with one attached hydrogen (secondary N) is 1. The topological polar surface area (TPSA) is 72.3 Å². The van der Waals surface area contributed by atoms with Crippen LogP contribution in [0.1, 0.15) is 38.4 Å². The maximum Gasteiger partial charge on any atom is 0.282 e. The fraction of sp³-hybridized carbons (Fsp3) is 0.261. The Hall–Kier alpha value is -3.19. The number of H-pyrrole nitrogens is 1. The van der Waals surface area contributed by atoms with Crippen molar-refractivity contribution >= 4 is 33.0 Å². The van der Waals surface area contributed by atoms with Gasteiger partial charge in [-0.1, -0.05) is 48.9 Å². The van der Waals surface area contributed by atoms with Crippen LogP contribution < -0.4 is 10.3 Å². The van der Waals surface area contributed by atoms with Crippen molar-refractivity contribution in [1.82, 2.24) is 14.8 Å². The van der Waals surface area contributed by atoms with Gasteiger partial charge < -0.3 is 4.74 Å². The summed E-state index contributed by atoms with van der Waals surface area (Å²) in [4.78, 5) is 22.7. The van der Waals surface area contributed by atoms with Crippen LogP contribution in [-0.2, 0) is 6.42 Å². The van der Waals surface area contributed by atoms with Crippen molar-refractivity contribution in [2.45, 2.75) is 33.6 Å². The van der Waals surface area contributed by atoms with E-state index in [4.69, 9.17) is 9.73 Å². The summed E-state index contributed by atoms with van der Waals surface area (Å²) in [6, 6.07) is 15.5. The first-order chi connectivity index (χ1) is 14.6. The minimum atomic E-state index is -0.132. The number of aliphatic imine (C=N–C) groups is 1. The van der Waals surface area contributed by atoms with Crippen LogP contribution in [0.3, 0.4) is 0 Å². The molecule has 7 heteroatoms. The quantitative estimate of drug-likeness (QED) is 0.414. The number of para-hydroxylation sites is 3. The lowest BCUT2D eigenvalue weighted by Gasteiger charge is -2.07. The van der Waals surface area contributed by atoms with Crippen LogP contribution >= 0.6 is 11.3 Å². The lowest BCUT2D eigenvalue weighted by molar-refractivity contribution is 0.341.